The summed E-state index contributed by atoms with van der Waals surface area (Å²) in [5, 5.41) is 3.85. The number of nitrogens with one attached hydrogen (secondary N) is 1. The van der Waals surface area contributed by atoms with Crippen LogP contribution < -0.4 is 10.1 Å². The third kappa shape index (κ3) is 3.98. The second kappa shape index (κ2) is 7.23. The molecule has 2 heterocycles. The number of nitrogens with zero attached hydrogens (tertiary/aromatic N) is 1. The van der Waals surface area contributed by atoms with Crippen LogP contribution in [0.1, 0.15) is 17.9 Å². The number of ether oxygens (including phenoxy) is 1. The maximum Gasteiger partial charge on any atom is 0.213 e. The Bertz CT molecular complexity index is 666. The van der Waals surface area contributed by atoms with Gasteiger partial charge in [-0.05, 0) is 36.7 Å². The number of aromatic nitrogens is 1. The zero-order valence-corrected chi connectivity index (χ0v) is 13.2. The summed E-state index contributed by atoms with van der Waals surface area (Å²) in [4.78, 5) is 4.11. The van der Waals surface area contributed by atoms with Crippen LogP contribution in [0.2, 0.25) is 5.02 Å². The molecule has 0 spiro atoms. The van der Waals surface area contributed by atoms with Gasteiger partial charge in [-0.25, -0.2) is 13.8 Å². The van der Waals surface area contributed by atoms with Crippen molar-refractivity contribution in [3.05, 3.63) is 58.7 Å². The minimum Gasteiger partial charge on any atom is -0.477 e. The molecule has 1 saturated heterocycles. The topological polar surface area (TPSA) is 34.1 Å². The lowest BCUT2D eigenvalue weighted by atomic mass is 9.82. The molecule has 1 aromatic carbocycles. The average Bonchev–Trinajstić information content (AvgIpc) is 2.57. The Morgan fingerprint density at radius 1 is 1.22 bits per heavy atom. The van der Waals surface area contributed by atoms with Crippen molar-refractivity contribution in [2.45, 2.75) is 12.3 Å². The minimum absolute atomic E-state index is 0.0751. The maximum atomic E-state index is 13.5. The van der Waals surface area contributed by atoms with Crippen LogP contribution in [0.15, 0.2) is 36.5 Å². The van der Waals surface area contributed by atoms with Gasteiger partial charge in [-0.2, -0.15) is 0 Å². The van der Waals surface area contributed by atoms with Gasteiger partial charge in [0, 0.05) is 30.6 Å². The molecule has 0 aliphatic carbocycles. The first-order valence-electron chi connectivity index (χ1n) is 7.53. The second-order valence-electron chi connectivity index (χ2n) is 5.66. The first-order valence-corrected chi connectivity index (χ1v) is 7.91. The molecule has 0 bridgehead atoms. The van der Waals surface area contributed by atoms with Gasteiger partial charge in [0.15, 0.2) is 11.6 Å². The fraction of sp³-hybridized carbons (Fsp3) is 0.353. The summed E-state index contributed by atoms with van der Waals surface area (Å²) in [5.41, 5.74) is 0.786. The van der Waals surface area contributed by atoms with Gasteiger partial charge < -0.3 is 10.1 Å². The second-order valence-corrected chi connectivity index (χ2v) is 6.10. The Labute approximate surface area is 138 Å². The highest BCUT2D eigenvalue weighted by atomic mass is 35.5. The molecule has 2 atom stereocenters. The highest BCUT2D eigenvalue weighted by molar-refractivity contribution is 6.30. The molecule has 1 aliphatic rings. The molecule has 23 heavy (non-hydrogen) atoms. The molecule has 1 aromatic heterocycles. The predicted octanol–water partition coefficient (Wildman–Crippen LogP) is 3.79. The first kappa shape index (κ1) is 16.1. The Morgan fingerprint density at radius 2 is 2.09 bits per heavy atom. The lowest BCUT2D eigenvalue weighted by molar-refractivity contribution is 0.188. The zero-order valence-electron chi connectivity index (χ0n) is 12.4. The van der Waals surface area contributed by atoms with Crippen LogP contribution in [0, 0.1) is 17.6 Å². The van der Waals surface area contributed by atoms with E-state index in [1.807, 2.05) is 0 Å². The highest BCUT2D eigenvalue weighted by Gasteiger charge is 2.27. The Kier molecular flexibility index (Phi) is 5.08. The van der Waals surface area contributed by atoms with E-state index in [0.717, 1.165) is 18.5 Å². The molecule has 3 rings (SSSR count). The van der Waals surface area contributed by atoms with E-state index in [9.17, 15) is 8.78 Å². The van der Waals surface area contributed by atoms with Crippen molar-refractivity contribution in [2.75, 3.05) is 19.7 Å². The van der Waals surface area contributed by atoms with E-state index in [2.05, 4.69) is 10.3 Å². The van der Waals surface area contributed by atoms with Crippen LogP contribution in [0.5, 0.6) is 5.88 Å². The molecule has 0 radical (unpaired) electrons. The van der Waals surface area contributed by atoms with Crippen LogP contribution in [-0.4, -0.2) is 24.7 Å². The van der Waals surface area contributed by atoms with E-state index in [4.69, 9.17) is 16.3 Å². The smallest absolute Gasteiger partial charge is 0.213 e. The molecular weight excluding hydrogens is 322 g/mol. The van der Waals surface area contributed by atoms with Crippen LogP contribution >= 0.6 is 11.6 Å². The number of piperidine rings is 1. The lowest BCUT2D eigenvalue weighted by Crippen LogP contribution is -2.37. The molecule has 2 aromatic rings. The standard InChI is InChI=1S/C17H17ClF2N2O/c18-13-2-4-17(22-8-13)23-10-12-5-6-21-9-14(12)11-1-3-15(19)16(20)7-11/h1-4,7-8,12,14,21H,5-6,9-10H2/t12-,14-/m1/s1. The van der Waals surface area contributed by atoms with E-state index < -0.39 is 11.6 Å². The van der Waals surface area contributed by atoms with Gasteiger partial charge >= 0.3 is 0 Å². The van der Waals surface area contributed by atoms with Gasteiger partial charge in [0.1, 0.15) is 0 Å². The summed E-state index contributed by atoms with van der Waals surface area (Å²) >= 11 is 5.80. The minimum atomic E-state index is -0.823. The van der Waals surface area contributed by atoms with Crippen molar-refractivity contribution in [3.8, 4) is 5.88 Å². The third-order valence-electron chi connectivity index (χ3n) is 4.14. The summed E-state index contributed by atoms with van der Waals surface area (Å²) in [6.07, 6.45) is 2.43. The largest absolute Gasteiger partial charge is 0.477 e. The molecule has 1 N–H and O–H groups in total. The molecule has 0 amide bonds. The summed E-state index contributed by atoms with van der Waals surface area (Å²) < 4.78 is 32.4. The SMILES string of the molecule is Fc1ccc([C@H]2CNCC[C@@H]2COc2ccc(Cl)cn2)cc1F. The summed E-state index contributed by atoms with van der Waals surface area (Å²) in [5.74, 6) is -0.843. The quantitative estimate of drug-likeness (QED) is 0.921. The maximum absolute atomic E-state index is 13.5. The highest BCUT2D eigenvalue weighted by Crippen LogP contribution is 2.30. The zero-order chi connectivity index (χ0) is 16.2. The molecule has 0 unspecified atom stereocenters. The van der Waals surface area contributed by atoms with E-state index in [0.29, 0.717) is 24.1 Å². The monoisotopic (exact) mass is 338 g/mol. The molecule has 0 saturated carbocycles. The van der Waals surface area contributed by atoms with Gasteiger partial charge in [0.2, 0.25) is 5.88 Å². The molecule has 1 aliphatic heterocycles. The predicted molar refractivity (Wildman–Crippen MR) is 84.8 cm³/mol. The fourth-order valence-corrected chi connectivity index (χ4v) is 3.00. The van der Waals surface area contributed by atoms with Gasteiger partial charge in [-0.15, -0.1) is 0 Å². The number of hydrogen-bond donors (Lipinski definition) is 1. The molecule has 3 nitrogen and oxygen atoms in total. The van der Waals surface area contributed by atoms with Crippen molar-refractivity contribution >= 4 is 11.6 Å². The number of benzene rings is 1. The molecule has 122 valence electrons. The summed E-state index contributed by atoms with van der Waals surface area (Å²) in [6.45, 7) is 2.06. The summed E-state index contributed by atoms with van der Waals surface area (Å²) in [7, 11) is 0. The van der Waals surface area contributed by atoms with Gasteiger partial charge in [0.25, 0.3) is 0 Å². The van der Waals surface area contributed by atoms with Gasteiger partial charge in [-0.1, -0.05) is 17.7 Å². The van der Waals surface area contributed by atoms with Crippen LogP contribution in [-0.2, 0) is 0 Å². The van der Waals surface area contributed by atoms with Crippen LogP contribution in [0.3, 0.4) is 0 Å². The number of pyridine rings is 1. The van der Waals surface area contributed by atoms with Crippen LogP contribution in [0.25, 0.3) is 0 Å². The number of halogens is 3. The van der Waals surface area contributed by atoms with Crippen molar-refractivity contribution in [1.29, 1.82) is 0 Å². The van der Waals surface area contributed by atoms with E-state index in [1.54, 1.807) is 18.2 Å². The van der Waals surface area contributed by atoms with Crippen LogP contribution in [0.4, 0.5) is 8.78 Å². The Hall–Kier alpha value is -1.72. The lowest BCUT2D eigenvalue weighted by Gasteiger charge is -2.32. The fourth-order valence-electron chi connectivity index (χ4n) is 2.89. The van der Waals surface area contributed by atoms with Crippen molar-refractivity contribution in [1.82, 2.24) is 10.3 Å². The van der Waals surface area contributed by atoms with Crippen molar-refractivity contribution < 1.29 is 13.5 Å². The Balaban J connectivity index is 1.70. The molecular formula is C17H17ClF2N2O. The van der Waals surface area contributed by atoms with E-state index in [-0.39, 0.29) is 11.8 Å². The van der Waals surface area contributed by atoms with E-state index in [1.165, 1.54) is 18.3 Å². The van der Waals surface area contributed by atoms with Crippen molar-refractivity contribution in [2.24, 2.45) is 5.92 Å². The average molecular weight is 339 g/mol. The van der Waals surface area contributed by atoms with Gasteiger partial charge in [0.05, 0.1) is 11.6 Å². The van der Waals surface area contributed by atoms with Crippen molar-refractivity contribution in [3.63, 3.8) is 0 Å². The number of hydrogen-bond acceptors (Lipinski definition) is 3. The molecule has 1 fully saturated rings. The third-order valence-corrected chi connectivity index (χ3v) is 4.37. The molecule has 6 heteroatoms. The van der Waals surface area contributed by atoms with Gasteiger partial charge in [-0.3, -0.25) is 0 Å². The normalized spacial score (nSPS) is 21.2. The summed E-state index contributed by atoms with van der Waals surface area (Å²) in [6, 6.07) is 7.54. The number of rotatable bonds is 4. The Morgan fingerprint density at radius 3 is 2.83 bits per heavy atom. The first-order chi connectivity index (χ1) is 11.1. The van der Waals surface area contributed by atoms with E-state index >= 15 is 0 Å².